The number of carbonyl (C=O) groups excluding carboxylic acids is 1. The number of morpholine rings is 1. The van der Waals surface area contributed by atoms with E-state index in [4.69, 9.17) is 9.47 Å². The smallest absolute Gasteiger partial charge is 0.410 e. The van der Waals surface area contributed by atoms with Gasteiger partial charge in [-0.25, -0.2) is 4.79 Å². The van der Waals surface area contributed by atoms with Crippen LogP contribution in [0.1, 0.15) is 26.7 Å². The van der Waals surface area contributed by atoms with Crippen LogP contribution in [0, 0.1) is 0 Å². The summed E-state index contributed by atoms with van der Waals surface area (Å²) in [6.45, 7) is 5.09. The van der Waals surface area contributed by atoms with Crippen molar-refractivity contribution in [2.75, 3.05) is 13.2 Å². The average molecular weight is 199 g/mol. The number of rotatable bonds is 1. The Kier molecular flexibility index (Phi) is 2.63. The van der Waals surface area contributed by atoms with Crippen molar-refractivity contribution in [3.05, 3.63) is 0 Å². The van der Waals surface area contributed by atoms with Gasteiger partial charge in [0.15, 0.2) is 0 Å². The van der Waals surface area contributed by atoms with E-state index in [-0.39, 0.29) is 24.3 Å². The molecule has 4 heteroatoms. The zero-order valence-electron chi connectivity index (χ0n) is 8.73. The first kappa shape index (κ1) is 9.77. The number of carbonyl (C=O) groups is 1. The van der Waals surface area contributed by atoms with Gasteiger partial charge in [-0.2, -0.15) is 0 Å². The maximum absolute atomic E-state index is 11.7. The molecule has 4 nitrogen and oxygen atoms in total. The van der Waals surface area contributed by atoms with E-state index in [2.05, 4.69) is 0 Å². The van der Waals surface area contributed by atoms with Gasteiger partial charge in [0.25, 0.3) is 0 Å². The van der Waals surface area contributed by atoms with Crippen LogP contribution in [0.15, 0.2) is 0 Å². The van der Waals surface area contributed by atoms with Crippen LogP contribution in [0.4, 0.5) is 4.79 Å². The van der Waals surface area contributed by atoms with E-state index < -0.39 is 0 Å². The molecule has 2 saturated heterocycles. The van der Waals surface area contributed by atoms with Crippen molar-refractivity contribution in [2.24, 2.45) is 0 Å². The molecule has 0 aromatic carbocycles. The monoisotopic (exact) mass is 199 g/mol. The lowest BCUT2D eigenvalue weighted by Crippen LogP contribution is -2.49. The van der Waals surface area contributed by atoms with Crippen molar-refractivity contribution in [3.8, 4) is 0 Å². The third-order valence-electron chi connectivity index (χ3n) is 2.79. The number of hydrogen-bond acceptors (Lipinski definition) is 3. The molecule has 2 rings (SSSR count). The van der Waals surface area contributed by atoms with E-state index in [0.29, 0.717) is 13.2 Å². The van der Waals surface area contributed by atoms with Gasteiger partial charge in [0.1, 0.15) is 0 Å². The Balaban J connectivity index is 2.00. The summed E-state index contributed by atoms with van der Waals surface area (Å²) in [7, 11) is 0. The van der Waals surface area contributed by atoms with Gasteiger partial charge in [0.2, 0.25) is 0 Å². The number of amides is 1. The maximum atomic E-state index is 11.7. The predicted octanol–water partition coefficient (Wildman–Crippen LogP) is 1.39. The highest BCUT2D eigenvalue weighted by Gasteiger charge is 2.41. The summed E-state index contributed by atoms with van der Waals surface area (Å²) < 4.78 is 10.6. The molecule has 2 fully saturated rings. The molecule has 2 unspecified atom stereocenters. The van der Waals surface area contributed by atoms with Crippen molar-refractivity contribution in [1.82, 2.24) is 4.90 Å². The van der Waals surface area contributed by atoms with Crippen LogP contribution in [-0.4, -0.2) is 42.4 Å². The molecule has 0 aromatic rings. The summed E-state index contributed by atoms with van der Waals surface area (Å²) in [5, 5.41) is 0. The fourth-order valence-electron chi connectivity index (χ4n) is 2.19. The molecule has 2 heterocycles. The van der Waals surface area contributed by atoms with Gasteiger partial charge in [-0.1, -0.05) is 0 Å². The first-order chi connectivity index (χ1) is 6.68. The number of hydrogen-bond donors (Lipinski definition) is 0. The summed E-state index contributed by atoms with van der Waals surface area (Å²) >= 11 is 0. The molecule has 0 radical (unpaired) electrons. The lowest BCUT2D eigenvalue weighted by Gasteiger charge is -2.34. The molecule has 80 valence electrons. The lowest BCUT2D eigenvalue weighted by atomic mass is 10.2. The SMILES string of the molecule is CC(C)OC(=O)N1C2CCC1COC2. The Morgan fingerprint density at radius 3 is 2.43 bits per heavy atom. The molecule has 0 aliphatic carbocycles. The minimum atomic E-state index is -0.171. The van der Waals surface area contributed by atoms with Crippen LogP contribution in [-0.2, 0) is 9.47 Å². The molecular weight excluding hydrogens is 182 g/mol. The molecule has 14 heavy (non-hydrogen) atoms. The van der Waals surface area contributed by atoms with E-state index in [9.17, 15) is 4.79 Å². The highest BCUT2D eigenvalue weighted by Crippen LogP contribution is 2.29. The first-order valence-corrected chi connectivity index (χ1v) is 5.25. The van der Waals surface area contributed by atoms with Crippen LogP contribution in [0.25, 0.3) is 0 Å². The van der Waals surface area contributed by atoms with Crippen molar-refractivity contribution in [2.45, 2.75) is 44.9 Å². The van der Waals surface area contributed by atoms with Crippen LogP contribution in [0.2, 0.25) is 0 Å². The van der Waals surface area contributed by atoms with Gasteiger partial charge in [-0.05, 0) is 26.7 Å². The highest BCUT2D eigenvalue weighted by molar-refractivity contribution is 5.69. The van der Waals surface area contributed by atoms with Gasteiger partial charge < -0.3 is 9.47 Å². The maximum Gasteiger partial charge on any atom is 0.410 e. The molecule has 2 atom stereocenters. The molecule has 1 amide bonds. The summed E-state index contributed by atoms with van der Waals surface area (Å²) in [5.74, 6) is 0. The highest BCUT2D eigenvalue weighted by atomic mass is 16.6. The molecule has 0 aromatic heterocycles. The number of ether oxygens (including phenoxy) is 2. The van der Waals surface area contributed by atoms with E-state index in [1.54, 1.807) is 0 Å². The third kappa shape index (κ3) is 1.71. The Morgan fingerprint density at radius 2 is 1.93 bits per heavy atom. The Hall–Kier alpha value is -0.770. The van der Waals surface area contributed by atoms with Gasteiger partial charge in [0, 0.05) is 0 Å². The van der Waals surface area contributed by atoms with Gasteiger partial charge in [-0.15, -0.1) is 0 Å². The van der Waals surface area contributed by atoms with Crippen molar-refractivity contribution in [1.29, 1.82) is 0 Å². The molecule has 2 aliphatic heterocycles. The van der Waals surface area contributed by atoms with Crippen LogP contribution in [0.5, 0.6) is 0 Å². The largest absolute Gasteiger partial charge is 0.447 e. The van der Waals surface area contributed by atoms with Crippen LogP contribution >= 0.6 is 0 Å². The fourth-order valence-corrected chi connectivity index (χ4v) is 2.19. The molecule has 2 bridgehead atoms. The molecular formula is C10H17NO3. The summed E-state index contributed by atoms with van der Waals surface area (Å²) in [6.07, 6.45) is 1.90. The Labute approximate surface area is 84.2 Å². The summed E-state index contributed by atoms with van der Waals surface area (Å²) in [4.78, 5) is 13.6. The van der Waals surface area contributed by atoms with Crippen molar-refractivity contribution >= 4 is 6.09 Å². The van der Waals surface area contributed by atoms with E-state index >= 15 is 0 Å². The average Bonchev–Trinajstić information content (AvgIpc) is 2.36. The second-order valence-electron chi connectivity index (χ2n) is 4.26. The topological polar surface area (TPSA) is 38.8 Å². The predicted molar refractivity (Wildman–Crippen MR) is 51.1 cm³/mol. The second kappa shape index (κ2) is 3.77. The van der Waals surface area contributed by atoms with E-state index in [1.807, 2.05) is 18.7 Å². The minimum absolute atomic E-state index is 0.0373. The summed E-state index contributed by atoms with van der Waals surface area (Å²) in [6, 6.07) is 0.500. The standard InChI is InChI=1S/C10H17NO3/c1-7(2)14-10(12)11-8-3-4-9(11)6-13-5-8/h7-9H,3-6H2,1-2H3. The first-order valence-electron chi connectivity index (χ1n) is 5.25. The molecule has 0 N–H and O–H groups in total. The van der Waals surface area contributed by atoms with Gasteiger partial charge in [0.05, 0.1) is 31.4 Å². The van der Waals surface area contributed by atoms with Crippen molar-refractivity contribution < 1.29 is 14.3 Å². The number of nitrogens with zero attached hydrogens (tertiary/aromatic N) is 1. The zero-order chi connectivity index (χ0) is 10.1. The summed E-state index contributed by atoms with van der Waals surface area (Å²) in [5.41, 5.74) is 0. The van der Waals surface area contributed by atoms with Crippen LogP contribution in [0.3, 0.4) is 0 Å². The Bertz CT molecular complexity index is 213. The van der Waals surface area contributed by atoms with Crippen molar-refractivity contribution in [3.63, 3.8) is 0 Å². The van der Waals surface area contributed by atoms with Gasteiger partial charge in [-0.3, -0.25) is 4.90 Å². The number of fused-ring (bicyclic) bond motifs is 2. The quantitative estimate of drug-likeness (QED) is 0.640. The second-order valence-corrected chi connectivity index (χ2v) is 4.26. The lowest BCUT2D eigenvalue weighted by molar-refractivity contribution is -0.0207. The molecule has 2 aliphatic rings. The fraction of sp³-hybridized carbons (Fsp3) is 0.900. The molecule has 0 spiro atoms. The normalized spacial score (nSPS) is 30.9. The van der Waals surface area contributed by atoms with Gasteiger partial charge >= 0.3 is 6.09 Å². The minimum Gasteiger partial charge on any atom is -0.447 e. The zero-order valence-corrected chi connectivity index (χ0v) is 8.73. The molecule has 0 saturated carbocycles. The van der Waals surface area contributed by atoms with E-state index in [0.717, 1.165) is 12.8 Å². The van der Waals surface area contributed by atoms with E-state index in [1.165, 1.54) is 0 Å². The Morgan fingerprint density at radius 1 is 1.36 bits per heavy atom. The van der Waals surface area contributed by atoms with Crippen LogP contribution < -0.4 is 0 Å². The third-order valence-corrected chi connectivity index (χ3v) is 2.79.